The molecule has 1 heterocycles. The van der Waals surface area contributed by atoms with Gasteiger partial charge in [-0.05, 0) is 44.6 Å². The summed E-state index contributed by atoms with van der Waals surface area (Å²) in [5.74, 6) is 0.346. The van der Waals surface area contributed by atoms with Crippen LogP contribution in [-0.2, 0) is 0 Å². The van der Waals surface area contributed by atoms with E-state index in [4.69, 9.17) is 11.6 Å². The Balaban J connectivity index is 1.76. The highest BCUT2D eigenvalue weighted by atomic mass is 35.5. The number of hydrogen-bond donors (Lipinski definition) is 2. The fourth-order valence-electron chi connectivity index (χ4n) is 2.75. The Morgan fingerprint density at radius 2 is 1.95 bits per heavy atom. The summed E-state index contributed by atoms with van der Waals surface area (Å²) in [5.41, 5.74) is 1.45. The van der Waals surface area contributed by atoms with Gasteiger partial charge in [-0.1, -0.05) is 11.6 Å². The van der Waals surface area contributed by atoms with Gasteiger partial charge >= 0.3 is 0 Å². The molecule has 0 amide bonds. The van der Waals surface area contributed by atoms with Crippen molar-refractivity contribution in [2.45, 2.75) is 50.7 Å². The lowest BCUT2D eigenvalue weighted by molar-refractivity contribution is 0.0967. The molecule has 5 heteroatoms. The maximum Gasteiger partial charge on any atom is 0.169 e. The maximum absolute atomic E-state index is 12.3. The van der Waals surface area contributed by atoms with E-state index in [2.05, 4.69) is 10.3 Å². The van der Waals surface area contributed by atoms with Gasteiger partial charge in [-0.15, -0.1) is 0 Å². The van der Waals surface area contributed by atoms with E-state index in [1.807, 2.05) is 0 Å². The molecular formula is C15H19ClN2O2. The molecule has 3 rings (SSSR count). The van der Waals surface area contributed by atoms with Gasteiger partial charge in [0.15, 0.2) is 5.78 Å². The summed E-state index contributed by atoms with van der Waals surface area (Å²) >= 11 is 5.96. The highest BCUT2D eigenvalue weighted by Crippen LogP contribution is 2.35. The summed E-state index contributed by atoms with van der Waals surface area (Å²) in [6, 6.07) is 2.03. The Kier molecular flexibility index (Phi) is 3.94. The number of aromatic nitrogens is 1. The number of aliphatic hydroxyl groups is 1. The number of hydrogen-bond acceptors (Lipinski definition) is 4. The predicted molar refractivity (Wildman–Crippen MR) is 78.2 cm³/mol. The summed E-state index contributed by atoms with van der Waals surface area (Å²) in [4.78, 5) is 16.3. The smallest absolute Gasteiger partial charge is 0.169 e. The monoisotopic (exact) mass is 294 g/mol. The first kappa shape index (κ1) is 13.8. The Hall–Kier alpha value is -1.13. The quantitative estimate of drug-likeness (QED) is 0.662. The third kappa shape index (κ3) is 3.13. The molecule has 0 aliphatic heterocycles. The molecular weight excluding hydrogens is 276 g/mol. The maximum atomic E-state index is 12.3. The number of nitrogens with zero attached hydrogens (tertiary/aromatic N) is 1. The van der Waals surface area contributed by atoms with Crippen molar-refractivity contribution in [1.29, 1.82) is 0 Å². The van der Waals surface area contributed by atoms with Crippen LogP contribution in [0.1, 0.15) is 48.9 Å². The minimum absolute atomic E-state index is 0.173. The molecule has 1 aromatic rings. The Morgan fingerprint density at radius 3 is 2.60 bits per heavy atom. The Morgan fingerprint density at radius 1 is 1.25 bits per heavy atom. The van der Waals surface area contributed by atoms with Gasteiger partial charge in [0.2, 0.25) is 0 Å². The first-order chi connectivity index (χ1) is 9.63. The molecule has 0 unspecified atom stereocenters. The van der Waals surface area contributed by atoms with Crippen LogP contribution in [0, 0.1) is 5.92 Å². The molecule has 0 saturated heterocycles. The minimum Gasteiger partial charge on any atom is -0.393 e. The number of rotatable bonds is 4. The molecule has 0 spiro atoms. The van der Waals surface area contributed by atoms with E-state index in [1.165, 1.54) is 0 Å². The van der Waals surface area contributed by atoms with Crippen LogP contribution in [0.5, 0.6) is 0 Å². The number of pyridine rings is 1. The fraction of sp³-hybridized carbons (Fsp3) is 0.600. The van der Waals surface area contributed by atoms with Crippen molar-refractivity contribution in [3.8, 4) is 0 Å². The Bertz CT molecular complexity index is 509. The summed E-state index contributed by atoms with van der Waals surface area (Å²) in [5, 5.41) is 13.4. The van der Waals surface area contributed by atoms with E-state index < -0.39 is 0 Å². The zero-order valence-corrected chi connectivity index (χ0v) is 12.1. The third-order valence-electron chi connectivity index (χ3n) is 4.14. The zero-order valence-electron chi connectivity index (χ0n) is 11.3. The second-order valence-electron chi connectivity index (χ2n) is 5.84. The standard InChI is InChI=1S/C15H19ClN2O2/c16-14-7-13(18-10-3-5-11(19)6-4-10)12(8-17-14)15(20)9-1-2-9/h7-11,19H,1-6H2,(H,17,18). The molecule has 0 bridgehead atoms. The van der Waals surface area contributed by atoms with Crippen molar-refractivity contribution >= 4 is 23.1 Å². The molecule has 0 atom stereocenters. The SMILES string of the molecule is O=C(c1cnc(Cl)cc1NC1CCC(O)CC1)C1CC1. The molecule has 2 N–H and O–H groups in total. The molecule has 0 aromatic carbocycles. The number of halogens is 1. The number of anilines is 1. The van der Waals surface area contributed by atoms with E-state index in [1.54, 1.807) is 12.3 Å². The molecule has 2 aliphatic carbocycles. The van der Waals surface area contributed by atoms with Crippen LogP contribution in [0.4, 0.5) is 5.69 Å². The molecule has 1 aromatic heterocycles. The van der Waals surface area contributed by atoms with Gasteiger partial charge in [0, 0.05) is 23.8 Å². The number of aliphatic hydroxyl groups excluding tert-OH is 1. The largest absolute Gasteiger partial charge is 0.393 e. The van der Waals surface area contributed by atoms with E-state index in [0.717, 1.165) is 44.2 Å². The van der Waals surface area contributed by atoms with Gasteiger partial charge in [0.25, 0.3) is 0 Å². The van der Waals surface area contributed by atoms with Crippen LogP contribution in [0.3, 0.4) is 0 Å². The number of ketones is 1. The fourth-order valence-corrected chi connectivity index (χ4v) is 2.91. The summed E-state index contributed by atoms with van der Waals surface area (Å²) in [6.07, 6.45) is 6.82. The van der Waals surface area contributed by atoms with Crippen LogP contribution >= 0.6 is 11.6 Å². The molecule has 2 saturated carbocycles. The molecule has 20 heavy (non-hydrogen) atoms. The lowest BCUT2D eigenvalue weighted by Crippen LogP contribution is -2.29. The lowest BCUT2D eigenvalue weighted by atomic mass is 9.92. The van der Waals surface area contributed by atoms with E-state index in [-0.39, 0.29) is 17.8 Å². The predicted octanol–water partition coefficient (Wildman–Crippen LogP) is 3.04. The van der Waals surface area contributed by atoms with Crippen molar-refractivity contribution < 1.29 is 9.90 Å². The van der Waals surface area contributed by atoms with Crippen molar-refractivity contribution in [2.75, 3.05) is 5.32 Å². The summed E-state index contributed by atoms with van der Waals surface area (Å²) in [6.45, 7) is 0. The normalized spacial score (nSPS) is 26.3. The average Bonchev–Trinajstić information content (AvgIpc) is 3.25. The van der Waals surface area contributed by atoms with Crippen molar-refractivity contribution in [1.82, 2.24) is 4.98 Å². The van der Waals surface area contributed by atoms with Crippen molar-refractivity contribution in [3.05, 3.63) is 23.0 Å². The minimum atomic E-state index is -0.179. The molecule has 0 radical (unpaired) electrons. The zero-order chi connectivity index (χ0) is 14.1. The van der Waals surface area contributed by atoms with Crippen molar-refractivity contribution in [3.63, 3.8) is 0 Å². The molecule has 2 fully saturated rings. The van der Waals surface area contributed by atoms with Gasteiger partial charge in [-0.2, -0.15) is 0 Å². The van der Waals surface area contributed by atoms with E-state index in [0.29, 0.717) is 16.8 Å². The van der Waals surface area contributed by atoms with Gasteiger partial charge < -0.3 is 10.4 Å². The highest BCUT2D eigenvalue weighted by Gasteiger charge is 2.32. The van der Waals surface area contributed by atoms with Gasteiger partial charge in [-0.25, -0.2) is 4.98 Å². The van der Waals surface area contributed by atoms with Crippen LogP contribution in [-0.4, -0.2) is 28.0 Å². The van der Waals surface area contributed by atoms with E-state index >= 15 is 0 Å². The first-order valence-corrected chi connectivity index (χ1v) is 7.65. The number of nitrogens with one attached hydrogen (secondary N) is 1. The topological polar surface area (TPSA) is 62.2 Å². The van der Waals surface area contributed by atoms with Crippen molar-refractivity contribution in [2.24, 2.45) is 5.92 Å². The first-order valence-electron chi connectivity index (χ1n) is 7.28. The van der Waals surface area contributed by atoms with Crippen LogP contribution in [0.2, 0.25) is 5.15 Å². The van der Waals surface area contributed by atoms with Gasteiger partial charge in [0.1, 0.15) is 5.15 Å². The van der Waals surface area contributed by atoms with Gasteiger partial charge in [0.05, 0.1) is 11.7 Å². The lowest BCUT2D eigenvalue weighted by Gasteiger charge is -2.27. The second-order valence-corrected chi connectivity index (χ2v) is 6.23. The van der Waals surface area contributed by atoms with Crippen LogP contribution in [0.25, 0.3) is 0 Å². The number of carbonyl (C=O) groups is 1. The van der Waals surface area contributed by atoms with E-state index in [9.17, 15) is 9.90 Å². The van der Waals surface area contributed by atoms with Crippen LogP contribution < -0.4 is 5.32 Å². The van der Waals surface area contributed by atoms with Gasteiger partial charge in [-0.3, -0.25) is 4.79 Å². The number of carbonyl (C=O) groups excluding carboxylic acids is 1. The third-order valence-corrected chi connectivity index (χ3v) is 4.35. The summed E-state index contributed by atoms with van der Waals surface area (Å²) < 4.78 is 0. The molecule has 108 valence electrons. The second kappa shape index (κ2) is 5.70. The van der Waals surface area contributed by atoms with Crippen LogP contribution in [0.15, 0.2) is 12.3 Å². The summed E-state index contributed by atoms with van der Waals surface area (Å²) in [7, 11) is 0. The highest BCUT2D eigenvalue weighted by molar-refractivity contribution is 6.29. The average molecular weight is 295 g/mol. The molecule has 4 nitrogen and oxygen atoms in total. The molecule has 2 aliphatic rings. The number of Topliss-reactive ketones (excluding diaryl/α,β-unsaturated/α-hetero) is 1. The Labute approximate surface area is 123 Å².